The summed E-state index contributed by atoms with van der Waals surface area (Å²) in [6.45, 7) is 5.25. The van der Waals surface area contributed by atoms with Crippen LogP contribution in [0.1, 0.15) is 49.4 Å². The molecule has 1 saturated heterocycles. The van der Waals surface area contributed by atoms with Gasteiger partial charge in [-0.15, -0.1) is 11.3 Å². The maximum Gasteiger partial charge on any atom is 0.112 e. The third-order valence-corrected chi connectivity index (χ3v) is 3.99. The van der Waals surface area contributed by atoms with Crippen molar-refractivity contribution < 1.29 is 4.74 Å². The van der Waals surface area contributed by atoms with Crippen LogP contribution >= 0.6 is 11.3 Å². The lowest BCUT2D eigenvalue weighted by Gasteiger charge is -2.20. The first-order valence-electron chi connectivity index (χ1n) is 5.96. The van der Waals surface area contributed by atoms with Gasteiger partial charge in [0.05, 0.1) is 17.8 Å². The van der Waals surface area contributed by atoms with Crippen molar-refractivity contribution in [1.82, 2.24) is 10.3 Å². The summed E-state index contributed by atoms with van der Waals surface area (Å²) in [5.41, 5.74) is 1.19. The predicted molar refractivity (Wildman–Crippen MR) is 67.0 cm³/mol. The summed E-state index contributed by atoms with van der Waals surface area (Å²) >= 11 is 1.74. The van der Waals surface area contributed by atoms with E-state index in [2.05, 4.69) is 24.5 Å². The smallest absolute Gasteiger partial charge is 0.112 e. The number of nitrogens with zero attached hydrogens (tertiary/aromatic N) is 1. The van der Waals surface area contributed by atoms with Crippen molar-refractivity contribution in [3.63, 3.8) is 0 Å². The monoisotopic (exact) mass is 240 g/mol. The molecule has 1 aromatic rings. The van der Waals surface area contributed by atoms with E-state index in [1.54, 1.807) is 11.3 Å². The summed E-state index contributed by atoms with van der Waals surface area (Å²) in [5, 5.41) is 6.67. The zero-order chi connectivity index (χ0) is 11.5. The molecule has 0 spiro atoms. The average molecular weight is 240 g/mol. The lowest BCUT2D eigenvalue weighted by atomic mass is 10.1. The molecule has 4 heteroatoms. The molecule has 1 aromatic heterocycles. The normalized spacial score (nSPS) is 22.9. The molecule has 90 valence electrons. The van der Waals surface area contributed by atoms with E-state index in [-0.39, 0.29) is 6.04 Å². The molecule has 0 bridgehead atoms. The number of aromatic nitrogens is 1. The number of thiazole rings is 1. The van der Waals surface area contributed by atoms with E-state index >= 15 is 0 Å². The van der Waals surface area contributed by atoms with Crippen molar-refractivity contribution in [2.24, 2.45) is 0 Å². The minimum absolute atomic E-state index is 0.264. The van der Waals surface area contributed by atoms with Gasteiger partial charge >= 0.3 is 0 Å². The molecular weight excluding hydrogens is 220 g/mol. The number of rotatable bonds is 4. The molecule has 1 aliphatic rings. The molecule has 0 radical (unpaired) electrons. The van der Waals surface area contributed by atoms with Gasteiger partial charge in [-0.2, -0.15) is 0 Å². The third-order valence-electron chi connectivity index (χ3n) is 3.04. The molecular formula is C12H20N2OS. The zero-order valence-corrected chi connectivity index (χ0v) is 11.0. The fourth-order valence-corrected chi connectivity index (χ4v) is 3.18. The van der Waals surface area contributed by atoms with Crippen LogP contribution in [0.15, 0.2) is 5.38 Å². The molecule has 1 N–H and O–H groups in total. The molecule has 1 fully saturated rings. The van der Waals surface area contributed by atoms with Crippen LogP contribution in [0.5, 0.6) is 0 Å². The molecule has 0 amide bonds. The summed E-state index contributed by atoms with van der Waals surface area (Å²) in [5.74, 6) is 0.506. The second-order valence-corrected chi connectivity index (χ2v) is 5.47. The van der Waals surface area contributed by atoms with E-state index in [9.17, 15) is 0 Å². The second kappa shape index (κ2) is 5.25. The fourth-order valence-electron chi connectivity index (χ4n) is 2.04. The highest BCUT2D eigenvalue weighted by atomic mass is 32.1. The topological polar surface area (TPSA) is 34.2 Å². The van der Waals surface area contributed by atoms with Crippen LogP contribution in [-0.4, -0.2) is 24.7 Å². The van der Waals surface area contributed by atoms with Gasteiger partial charge in [0.25, 0.3) is 0 Å². The predicted octanol–water partition coefficient (Wildman–Crippen LogP) is 2.71. The highest BCUT2D eigenvalue weighted by molar-refractivity contribution is 7.09. The van der Waals surface area contributed by atoms with Gasteiger partial charge in [-0.05, 0) is 25.8 Å². The molecule has 2 unspecified atom stereocenters. The molecule has 3 nitrogen and oxygen atoms in total. The summed E-state index contributed by atoms with van der Waals surface area (Å²) in [4.78, 5) is 4.70. The van der Waals surface area contributed by atoms with E-state index in [1.807, 2.05) is 7.05 Å². The van der Waals surface area contributed by atoms with E-state index in [0.717, 1.165) is 18.0 Å². The van der Waals surface area contributed by atoms with Crippen LogP contribution in [0.25, 0.3) is 0 Å². The number of nitrogens with one attached hydrogen (secondary N) is 1. The highest BCUT2D eigenvalue weighted by Crippen LogP contribution is 2.30. The Bertz CT molecular complexity index is 332. The van der Waals surface area contributed by atoms with Gasteiger partial charge in [-0.25, -0.2) is 4.98 Å². The van der Waals surface area contributed by atoms with Crippen LogP contribution in [0, 0.1) is 0 Å². The van der Waals surface area contributed by atoms with Crippen LogP contribution in [0.3, 0.4) is 0 Å². The van der Waals surface area contributed by atoms with E-state index < -0.39 is 0 Å². The number of likely N-dealkylation sites (N-methyl/N-ethyl adjacent to an activating group) is 1. The van der Waals surface area contributed by atoms with Crippen LogP contribution in [0.4, 0.5) is 0 Å². The maximum atomic E-state index is 5.73. The van der Waals surface area contributed by atoms with E-state index in [1.165, 1.54) is 12.1 Å². The average Bonchev–Trinajstić information content (AvgIpc) is 2.88. The van der Waals surface area contributed by atoms with Gasteiger partial charge in [0, 0.05) is 12.0 Å². The Balaban J connectivity index is 2.12. The molecule has 2 atom stereocenters. The summed E-state index contributed by atoms with van der Waals surface area (Å²) in [6, 6.07) is 0.264. The largest absolute Gasteiger partial charge is 0.376 e. The van der Waals surface area contributed by atoms with E-state index in [0.29, 0.717) is 12.0 Å². The van der Waals surface area contributed by atoms with Crippen LogP contribution in [-0.2, 0) is 4.74 Å². The Morgan fingerprint density at radius 2 is 2.38 bits per heavy atom. The molecule has 0 aromatic carbocycles. The summed E-state index contributed by atoms with van der Waals surface area (Å²) in [6.07, 6.45) is 2.61. The third kappa shape index (κ3) is 2.44. The first-order chi connectivity index (χ1) is 7.72. The van der Waals surface area contributed by atoms with Crippen molar-refractivity contribution in [2.75, 3.05) is 13.7 Å². The SMILES string of the molecule is CNC(c1nc(C(C)C)cs1)C1CCCO1. The second-order valence-electron chi connectivity index (χ2n) is 4.58. The zero-order valence-electron chi connectivity index (χ0n) is 10.2. The van der Waals surface area contributed by atoms with Gasteiger partial charge in [0.1, 0.15) is 5.01 Å². The lowest BCUT2D eigenvalue weighted by Crippen LogP contribution is -2.28. The van der Waals surface area contributed by atoms with Gasteiger partial charge in [-0.3, -0.25) is 0 Å². The van der Waals surface area contributed by atoms with Crippen molar-refractivity contribution in [2.45, 2.75) is 44.8 Å². The maximum absolute atomic E-state index is 5.73. The van der Waals surface area contributed by atoms with Gasteiger partial charge in [0.15, 0.2) is 0 Å². The van der Waals surface area contributed by atoms with Crippen molar-refractivity contribution in [3.05, 3.63) is 16.1 Å². The van der Waals surface area contributed by atoms with Gasteiger partial charge in [0.2, 0.25) is 0 Å². The Morgan fingerprint density at radius 3 is 2.88 bits per heavy atom. The number of hydrogen-bond donors (Lipinski definition) is 1. The van der Waals surface area contributed by atoms with Crippen molar-refractivity contribution in [1.29, 1.82) is 0 Å². The molecule has 0 aliphatic carbocycles. The minimum atomic E-state index is 0.264. The Morgan fingerprint density at radius 1 is 1.56 bits per heavy atom. The highest BCUT2D eigenvalue weighted by Gasteiger charge is 2.28. The summed E-state index contributed by atoms with van der Waals surface area (Å²) in [7, 11) is 1.99. The lowest BCUT2D eigenvalue weighted by molar-refractivity contribution is 0.0806. The standard InChI is InChI=1S/C12H20N2OS/c1-8(2)9-7-16-12(14-9)11(13-3)10-5-4-6-15-10/h7-8,10-11,13H,4-6H2,1-3H3. The van der Waals surface area contributed by atoms with Crippen molar-refractivity contribution in [3.8, 4) is 0 Å². The molecule has 2 heterocycles. The molecule has 2 rings (SSSR count). The fraction of sp³-hybridized carbons (Fsp3) is 0.750. The summed E-state index contributed by atoms with van der Waals surface area (Å²) < 4.78 is 5.73. The first kappa shape index (κ1) is 12.0. The van der Waals surface area contributed by atoms with Crippen molar-refractivity contribution >= 4 is 11.3 Å². The molecule has 16 heavy (non-hydrogen) atoms. The number of ether oxygens (including phenoxy) is 1. The van der Waals surface area contributed by atoms with Crippen LogP contribution in [0.2, 0.25) is 0 Å². The quantitative estimate of drug-likeness (QED) is 0.878. The molecule has 1 aliphatic heterocycles. The number of hydrogen-bond acceptors (Lipinski definition) is 4. The Labute approximate surface area is 101 Å². The van der Waals surface area contributed by atoms with E-state index in [4.69, 9.17) is 9.72 Å². The molecule has 0 saturated carbocycles. The van der Waals surface area contributed by atoms with Crippen LogP contribution < -0.4 is 5.32 Å². The minimum Gasteiger partial charge on any atom is -0.376 e. The van der Waals surface area contributed by atoms with Gasteiger partial charge in [-0.1, -0.05) is 13.8 Å². The van der Waals surface area contributed by atoms with Gasteiger partial charge < -0.3 is 10.1 Å². The Hall–Kier alpha value is -0.450. The first-order valence-corrected chi connectivity index (χ1v) is 6.84. The Kier molecular flexibility index (Phi) is 3.95.